The Balaban J connectivity index is 1.28. The number of benzene rings is 1. The van der Waals surface area contributed by atoms with Gasteiger partial charge in [0, 0.05) is 6.42 Å². The smallest absolute Gasteiger partial charge is 0.434 e. The summed E-state index contributed by atoms with van der Waals surface area (Å²) in [5.41, 5.74) is 8.08. The molecule has 0 unspecified atom stereocenters. The van der Waals surface area contributed by atoms with Gasteiger partial charge < -0.3 is 19.9 Å². The van der Waals surface area contributed by atoms with Crippen LogP contribution in [-0.4, -0.2) is 39.6 Å². The summed E-state index contributed by atoms with van der Waals surface area (Å²) >= 11 is 0. The number of hydrogen-bond donors (Lipinski definition) is 1. The lowest BCUT2D eigenvalue weighted by molar-refractivity contribution is -0.0762. The van der Waals surface area contributed by atoms with E-state index in [4.69, 9.17) is 19.9 Å². The maximum atomic E-state index is 11.9. The van der Waals surface area contributed by atoms with Gasteiger partial charge in [-0.15, -0.1) is 0 Å². The highest BCUT2D eigenvalue weighted by molar-refractivity contribution is 5.65. The fraction of sp³-hybridized carbons (Fsp3) is 0.381. The number of carbonyl (C=O) groups is 1. The molecular weight excluding hydrogens is 372 g/mol. The van der Waals surface area contributed by atoms with Gasteiger partial charge in [-0.1, -0.05) is 30.3 Å². The molecule has 1 aliphatic rings. The van der Waals surface area contributed by atoms with Crippen molar-refractivity contribution in [1.29, 1.82) is 0 Å². The number of rotatable bonds is 6. The van der Waals surface area contributed by atoms with Crippen molar-refractivity contribution in [2.24, 2.45) is 0 Å². The largest absolute Gasteiger partial charge is 0.508 e. The molecule has 2 aromatic heterocycles. The molecule has 1 fully saturated rings. The number of ether oxygens (including phenoxy) is 3. The zero-order chi connectivity index (χ0) is 20.3. The van der Waals surface area contributed by atoms with Crippen LogP contribution in [0, 0.1) is 0 Å². The molecule has 0 bridgehead atoms. The van der Waals surface area contributed by atoms with Crippen LogP contribution in [0.15, 0.2) is 48.8 Å². The van der Waals surface area contributed by atoms with Gasteiger partial charge in [-0.3, -0.25) is 0 Å². The molecule has 1 aliphatic heterocycles. The van der Waals surface area contributed by atoms with Crippen LogP contribution in [0.4, 0.5) is 10.6 Å². The van der Waals surface area contributed by atoms with Gasteiger partial charge in [0.05, 0.1) is 12.3 Å². The van der Waals surface area contributed by atoms with Gasteiger partial charge in [-0.2, -0.15) is 5.10 Å². The van der Waals surface area contributed by atoms with Crippen molar-refractivity contribution in [3.05, 3.63) is 60.0 Å². The van der Waals surface area contributed by atoms with Crippen LogP contribution in [0.5, 0.6) is 0 Å². The third kappa shape index (κ3) is 4.32. The standard InChI is InChI=1S/C21H24N4O4/c1-21(13-28-20(26)27-12-10-15-5-3-2-4-6-15)11-9-18(29-21)16-7-8-17-19(22)23-14-24-25(16)17/h2-8,14,18H,9-13H2,1H3,(H2,22,23,24)/t18-,21+/m1/s1. The molecule has 2 atom stereocenters. The Hall–Kier alpha value is -3.13. The molecule has 4 rings (SSSR count). The zero-order valence-electron chi connectivity index (χ0n) is 16.3. The van der Waals surface area contributed by atoms with Crippen molar-refractivity contribution < 1.29 is 19.0 Å². The Kier molecular flexibility index (Phi) is 5.35. The van der Waals surface area contributed by atoms with Crippen molar-refractivity contribution in [1.82, 2.24) is 14.6 Å². The Morgan fingerprint density at radius 1 is 1.28 bits per heavy atom. The number of nitrogens with two attached hydrogens (primary N) is 1. The third-order valence-corrected chi connectivity index (χ3v) is 5.15. The van der Waals surface area contributed by atoms with Gasteiger partial charge >= 0.3 is 6.16 Å². The SMILES string of the molecule is C[C@@]1(COC(=O)OCCc2ccccc2)CC[C@H](c2ccc3c(N)ncnn23)O1. The Morgan fingerprint density at radius 3 is 2.93 bits per heavy atom. The summed E-state index contributed by atoms with van der Waals surface area (Å²) in [6, 6.07) is 13.7. The van der Waals surface area contributed by atoms with Gasteiger partial charge in [0.25, 0.3) is 0 Å². The molecular formula is C21H24N4O4. The first kappa shape index (κ1) is 19.2. The van der Waals surface area contributed by atoms with Gasteiger partial charge in [-0.25, -0.2) is 14.3 Å². The predicted octanol–water partition coefficient (Wildman–Crippen LogP) is 3.32. The summed E-state index contributed by atoms with van der Waals surface area (Å²) in [5, 5.41) is 4.27. The molecule has 0 spiro atoms. The van der Waals surface area contributed by atoms with Crippen molar-refractivity contribution in [2.45, 2.75) is 37.9 Å². The predicted molar refractivity (Wildman–Crippen MR) is 106 cm³/mol. The van der Waals surface area contributed by atoms with E-state index < -0.39 is 11.8 Å². The molecule has 0 radical (unpaired) electrons. The molecule has 3 heterocycles. The monoisotopic (exact) mass is 396 g/mol. The van der Waals surface area contributed by atoms with Crippen LogP contribution in [0.3, 0.4) is 0 Å². The average Bonchev–Trinajstić information content (AvgIpc) is 3.32. The molecule has 8 heteroatoms. The highest BCUT2D eigenvalue weighted by Crippen LogP contribution is 2.40. The Labute approximate surface area is 168 Å². The molecule has 0 aliphatic carbocycles. The summed E-state index contributed by atoms with van der Waals surface area (Å²) in [5.74, 6) is 0.425. The maximum absolute atomic E-state index is 11.9. The summed E-state index contributed by atoms with van der Waals surface area (Å²) in [7, 11) is 0. The number of nitrogens with zero attached hydrogens (tertiary/aromatic N) is 3. The number of nitrogen functional groups attached to an aromatic ring is 1. The van der Waals surface area contributed by atoms with Gasteiger partial charge in [0.15, 0.2) is 5.82 Å². The second-order valence-electron chi connectivity index (χ2n) is 7.42. The van der Waals surface area contributed by atoms with Crippen LogP contribution >= 0.6 is 0 Å². The van der Waals surface area contributed by atoms with Gasteiger partial charge in [0.2, 0.25) is 0 Å². The van der Waals surface area contributed by atoms with Crippen LogP contribution in [-0.2, 0) is 20.6 Å². The Bertz CT molecular complexity index is 991. The van der Waals surface area contributed by atoms with Gasteiger partial charge in [0.1, 0.15) is 30.2 Å². The molecule has 0 saturated carbocycles. The van der Waals surface area contributed by atoms with E-state index in [1.807, 2.05) is 49.4 Å². The van der Waals surface area contributed by atoms with E-state index in [-0.39, 0.29) is 19.3 Å². The van der Waals surface area contributed by atoms with Crippen LogP contribution < -0.4 is 5.73 Å². The minimum atomic E-state index is -0.678. The lowest BCUT2D eigenvalue weighted by atomic mass is 10.0. The first-order chi connectivity index (χ1) is 14.0. The number of carbonyl (C=O) groups excluding carboxylic acids is 1. The highest BCUT2D eigenvalue weighted by Gasteiger charge is 2.39. The second kappa shape index (κ2) is 8.08. The van der Waals surface area contributed by atoms with E-state index in [0.29, 0.717) is 12.2 Å². The minimum absolute atomic E-state index is 0.133. The lowest BCUT2D eigenvalue weighted by Gasteiger charge is -2.24. The summed E-state index contributed by atoms with van der Waals surface area (Å²) < 4.78 is 18.4. The molecule has 29 heavy (non-hydrogen) atoms. The lowest BCUT2D eigenvalue weighted by Crippen LogP contribution is -2.32. The van der Waals surface area contributed by atoms with E-state index in [1.54, 1.807) is 4.52 Å². The first-order valence-electron chi connectivity index (χ1n) is 9.63. The van der Waals surface area contributed by atoms with Crippen molar-refractivity contribution in [2.75, 3.05) is 18.9 Å². The van der Waals surface area contributed by atoms with Crippen LogP contribution in [0.2, 0.25) is 0 Å². The molecule has 152 valence electrons. The average molecular weight is 396 g/mol. The fourth-order valence-electron chi connectivity index (χ4n) is 3.58. The number of aromatic nitrogens is 3. The molecule has 1 aromatic carbocycles. The van der Waals surface area contributed by atoms with Crippen molar-refractivity contribution in [3.63, 3.8) is 0 Å². The first-order valence-corrected chi connectivity index (χ1v) is 9.63. The molecule has 0 amide bonds. The molecule has 2 N–H and O–H groups in total. The van der Waals surface area contributed by atoms with Crippen molar-refractivity contribution >= 4 is 17.5 Å². The van der Waals surface area contributed by atoms with E-state index in [1.165, 1.54) is 6.33 Å². The molecule has 1 saturated heterocycles. The van der Waals surface area contributed by atoms with Crippen LogP contribution in [0.1, 0.15) is 37.1 Å². The minimum Gasteiger partial charge on any atom is -0.434 e. The highest BCUT2D eigenvalue weighted by atomic mass is 16.7. The van der Waals surface area contributed by atoms with E-state index in [9.17, 15) is 4.79 Å². The van der Waals surface area contributed by atoms with Gasteiger partial charge in [-0.05, 0) is 37.5 Å². The summed E-state index contributed by atoms with van der Waals surface area (Å²) in [6.45, 7) is 2.35. The summed E-state index contributed by atoms with van der Waals surface area (Å²) in [6.07, 6.45) is 2.78. The van der Waals surface area contributed by atoms with E-state index in [0.717, 1.165) is 29.6 Å². The summed E-state index contributed by atoms with van der Waals surface area (Å²) in [4.78, 5) is 15.9. The quantitative estimate of drug-likeness (QED) is 0.638. The molecule has 3 aromatic rings. The topological polar surface area (TPSA) is 101 Å². The number of fused-ring (bicyclic) bond motifs is 1. The third-order valence-electron chi connectivity index (χ3n) is 5.15. The zero-order valence-corrected chi connectivity index (χ0v) is 16.3. The maximum Gasteiger partial charge on any atom is 0.508 e. The second-order valence-corrected chi connectivity index (χ2v) is 7.42. The fourth-order valence-corrected chi connectivity index (χ4v) is 3.58. The number of hydrogen-bond acceptors (Lipinski definition) is 7. The Morgan fingerprint density at radius 2 is 2.10 bits per heavy atom. The van der Waals surface area contributed by atoms with Crippen LogP contribution in [0.25, 0.3) is 5.52 Å². The normalized spacial score (nSPS) is 21.3. The van der Waals surface area contributed by atoms with Crippen molar-refractivity contribution in [3.8, 4) is 0 Å². The molecule has 8 nitrogen and oxygen atoms in total. The van der Waals surface area contributed by atoms with E-state index in [2.05, 4.69) is 10.1 Å². The number of anilines is 1. The van der Waals surface area contributed by atoms with E-state index >= 15 is 0 Å².